The van der Waals surface area contributed by atoms with Crippen molar-refractivity contribution in [1.82, 2.24) is 15.0 Å². The fourth-order valence-corrected chi connectivity index (χ4v) is 3.71. The fraction of sp³-hybridized carbons (Fsp3) is 0.217. The maximum Gasteiger partial charge on any atom is 0.417 e. The number of hydrogen-bond donors (Lipinski definition) is 1. The van der Waals surface area contributed by atoms with Crippen LogP contribution in [0.15, 0.2) is 53.9 Å². The van der Waals surface area contributed by atoms with Crippen LogP contribution < -0.4 is 0 Å². The van der Waals surface area contributed by atoms with Gasteiger partial charge >= 0.3 is 12.1 Å². The van der Waals surface area contributed by atoms with Crippen molar-refractivity contribution < 1.29 is 32.4 Å². The van der Waals surface area contributed by atoms with Crippen LogP contribution in [0, 0.1) is 5.92 Å². The second-order valence-corrected chi connectivity index (χ2v) is 7.80. The van der Waals surface area contributed by atoms with Gasteiger partial charge in [0.05, 0.1) is 48.4 Å². The van der Waals surface area contributed by atoms with Crippen molar-refractivity contribution in [2.45, 2.75) is 12.3 Å². The summed E-state index contributed by atoms with van der Waals surface area (Å²) in [6.45, 7) is 0.444. The van der Waals surface area contributed by atoms with E-state index in [0.29, 0.717) is 16.9 Å². The number of aliphatic imine (C=N–C) groups is 1. The van der Waals surface area contributed by atoms with Gasteiger partial charge in [-0.3, -0.25) is 9.97 Å². The van der Waals surface area contributed by atoms with Crippen LogP contribution in [-0.4, -0.2) is 62.4 Å². The minimum atomic E-state index is -4.52. The summed E-state index contributed by atoms with van der Waals surface area (Å²) in [6, 6.07) is 7.00. The molecule has 11 heteroatoms. The molecule has 2 aliphatic heterocycles. The Labute approximate surface area is 191 Å². The molecular weight excluding hydrogens is 451 g/mol. The summed E-state index contributed by atoms with van der Waals surface area (Å²) in [7, 11) is 0. The summed E-state index contributed by atoms with van der Waals surface area (Å²) < 4.78 is 45.4. The minimum Gasteiger partial charge on any atom is -0.390 e. The zero-order valence-corrected chi connectivity index (χ0v) is 17.5. The maximum atomic E-state index is 13.3. The number of fused-ring (bicyclic) bond motifs is 1. The molecule has 2 atom stereocenters. The Morgan fingerprint density at radius 1 is 1.15 bits per heavy atom. The third-order valence-electron chi connectivity index (χ3n) is 5.50. The lowest BCUT2D eigenvalue weighted by molar-refractivity contribution is -0.290. The monoisotopic (exact) mass is 468 g/mol. The molecule has 0 saturated carbocycles. The Balaban J connectivity index is 1.63. The first-order chi connectivity index (χ1) is 16.3. The molecule has 1 N–H and O–H groups in total. The van der Waals surface area contributed by atoms with Crippen LogP contribution in [0.25, 0.3) is 22.6 Å². The molecule has 1 unspecified atom stereocenters. The van der Waals surface area contributed by atoms with Crippen molar-refractivity contribution in [2.24, 2.45) is 10.9 Å². The van der Waals surface area contributed by atoms with Gasteiger partial charge in [-0.15, -0.1) is 0 Å². The molecular formula is C23H17F3N5O3+. The van der Waals surface area contributed by atoms with E-state index in [0.717, 1.165) is 12.3 Å². The fourth-order valence-electron chi connectivity index (χ4n) is 3.71. The van der Waals surface area contributed by atoms with Gasteiger partial charge < -0.3 is 9.84 Å². The van der Waals surface area contributed by atoms with Crippen LogP contribution in [0.1, 0.15) is 15.9 Å². The molecule has 3 aromatic heterocycles. The van der Waals surface area contributed by atoms with Gasteiger partial charge in [0.2, 0.25) is 5.69 Å². The molecule has 5 rings (SSSR count). The number of hydrogen-bond acceptors (Lipinski definition) is 7. The highest BCUT2D eigenvalue weighted by molar-refractivity contribution is 6.04. The van der Waals surface area contributed by atoms with Crippen LogP contribution in [0.2, 0.25) is 0 Å². The van der Waals surface area contributed by atoms with Crippen molar-refractivity contribution in [3.63, 3.8) is 0 Å². The van der Waals surface area contributed by atoms with Crippen molar-refractivity contribution >= 4 is 24.1 Å². The number of halogens is 3. The van der Waals surface area contributed by atoms with E-state index in [9.17, 15) is 23.1 Å². The number of ether oxygens (including phenoxy) is 1. The summed E-state index contributed by atoms with van der Waals surface area (Å²) in [6.07, 6.45) is 1.49. The lowest BCUT2D eigenvalue weighted by atomic mass is 10.0. The number of amides is 1. The van der Waals surface area contributed by atoms with Crippen LogP contribution in [0.5, 0.6) is 0 Å². The van der Waals surface area contributed by atoms with E-state index in [4.69, 9.17) is 4.74 Å². The second kappa shape index (κ2) is 8.50. The topological polar surface area (TPSA) is 101 Å². The molecule has 1 fully saturated rings. The van der Waals surface area contributed by atoms with Gasteiger partial charge in [-0.25, -0.2) is 9.78 Å². The molecule has 2 aliphatic rings. The predicted molar refractivity (Wildman–Crippen MR) is 115 cm³/mol. The van der Waals surface area contributed by atoms with Crippen LogP contribution in [0.3, 0.4) is 0 Å². The highest BCUT2D eigenvalue weighted by Gasteiger charge is 2.34. The predicted octanol–water partition coefficient (Wildman–Crippen LogP) is 3.13. The average Bonchev–Trinajstić information content (AvgIpc) is 3.24. The van der Waals surface area contributed by atoms with E-state index in [-0.39, 0.29) is 36.1 Å². The SMILES string of the molecule is O=C1c2cc(-c3ccc(C(F)(F)F)cn3)nc(-c3cccnc3)c2N=C[N+]1=CC1COC[C@H]1O. The molecule has 34 heavy (non-hydrogen) atoms. The second-order valence-electron chi connectivity index (χ2n) is 7.80. The van der Waals surface area contributed by atoms with Crippen LogP contribution >= 0.6 is 0 Å². The van der Waals surface area contributed by atoms with E-state index in [2.05, 4.69) is 19.9 Å². The van der Waals surface area contributed by atoms with Gasteiger partial charge in [-0.05, 0) is 35.3 Å². The Hall–Kier alpha value is -3.83. The van der Waals surface area contributed by atoms with Gasteiger partial charge in [-0.2, -0.15) is 17.7 Å². The number of rotatable bonds is 3. The highest BCUT2D eigenvalue weighted by atomic mass is 19.4. The summed E-state index contributed by atoms with van der Waals surface area (Å²) in [4.78, 5) is 30.3. The third-order valence-corrected chi connectivity index (χ3v) is 5.50. The number of aliphatic hydroxyl groups excluding tert-OH is 1. The first-order valence-electron chi connectivity index (χ1n) is 10.3. The smallest absolute Gasteiger partial charge is 0.390 e. The molecule has 172 valence electrons. The number of carbonyl (C=O) groups excluding carboxylic acids is 1. The van der Waals surface area contributed by atoms with Gasteiger partial charge in [0.25, 0.3) is 6.34 Å². The Morgan fingerprint density at radius 3 is 2.65 bits per heavy atom. The van der Waals surface area contributed by atoms with E-state index in [1.807, 2.05) is 0 Å². The van der Waals surface area contributed by atoms with Crippen molar-refractivity contribution in [3.05, 3.63) is 60.0 Å². The number of aliphatic hydroxyl groups is 1. The summed E-state index contributed by atoms with van der Waals surface area (Å²) in [5.74, 6) is -0.808. The zero-order chi connectivity index (χ0) is 23.9. The molecule has 0 aliphatic carbocycles. The van der Waals surface area contributed by atoms with Gasteiger partial charge in [-0.1, -0.05) is 0 Å². The van der Waals surface area contributed by atoms with Crippen LogP contribution in [-0.2, 0) is 10.9 Å². The minimum absolute atomic E-state index is 0.165. The average molecular weight is 468 g/mol. The highest BCUT2D eigenvalue weighted by Crippen LogP contribution is 2.37. The standard InChI is InChI=1S/C23H17F3N5O3/c24-23(25,26)15-3-4-17(28-8-15)18-6-16-21(20(30-18)13-2-1-5-27-7-13)29-12-31(22(16)33)9-14-10-34-11-19(14)32/h1-9,12,14,19,32H,10-11H2/q+1/t14?,19-/m1/s1. The van der Waals surface area contributed by atoms with Crippen molar-refractivity contribution in [3.8, 4) is 22.6 Å². The van der Waals surface area contributed by atoms with Gasteiger partial charge in [0.15, 0.2) is 0 Å². The van der Waals surface area contributed by atoms with E-state index >= 15 is 0 Å². The quantitative estimate of drug-likeness (QED) is 0.593. The zero-order valence-electron chi connectivity index (χ0n) is 17.5. The molecule has 0 spiro atoms. The molecule has 8 nitrogen and oxygen atoms in total. The number of nitrogens with zero attached hydrogens (tertiary/aromatic N) is 5. The Morgan fingerprint density at radius 2 is 2.00 bits per heavy atom. The molecule has 5 heterocycles. The molecule has 3 aromatic rings. The summed E-state index contributed by atoms with van der Waals surface area (Å²) in [5.41, 5.74) is 0.907. The van der Waals surface area contributed by atoms with E-state index in [1.54, 1.807) is 30.7 Å². The largest absolute Gasteiger partial charge is 0.417 e. The third kappa shape index (κ3) is 4.11. The maximum absolute atomic E-state index is 13.3. The van der Waals surface area contributed by atoms with Crippen molar-refractivity contribution in [2.75, 3.05) is 13.2 Å². The van der Waals surface area contributed by atoms with E-state index in [1.165, 1.54) is 23.0 Å². The Kier molecular flexibility index (Phi) is 5.50. The molecule has 0 aromatic carbocycles. The summed E-state index contributed by atoms with van der Waals surface area (Å²) >= 11 is 0. The van der Waals surface area contributed by atoms with Gasteiger partial charge in [0.1, 0.15) is 11.3 Å². The summed E-state index contributed by atoms with van der Waals surface area (Å²) in [5, 5.41) is 10.0. The van der Waals surface area contributed by atoms with Crippen molar-refractivity contribution in [1.29, 1.82) is 0 Å². The number of aromatic nitrogens is 3. The molecule has 0 bridgehead atoms. The molecule has 1 saturated heterocycles. The normalized spacial score (nSPS) is 21.2. The lowest BCUT2D eigenvalue weighted by Gasteiger charge is -2.13. The Bertz CT molecular complexity index is 1310. The first kappa shape index (κ1) is 22.0. The van der Waals surface area contributed by atoms with E-state index < -0.39 is 23.8 Å². The van der Waals surface area contributed by atoms with Crippen LogP contribution in [0.4, 0.5) is 18.9 Å². The number of pyridine rings is 3. The number of alkyl halides is 3. The molecule has 1 amide bonds. The molecule has 0 radical (unpaired) electrons. The number of carbonyl (C=O) groups is 1. The lowest BCUT2D eigenvalue weighted by Crippen LogP contribution is -2.30. The van der Waals surface area contributed by atoms with Gasteiger partial charge in [0, 0.05) is 24.2 Å². The first-order valence-corrected chi connectivity index (χ1v) is 10.3.